The van der Waals surface area contributed by atoms with Crippen LogP contribution in [0.3, 0.4) is 0 Å². The van der Waals surface area contributed by atoms with E-state index >= 15 is 0 Å². The maximum atomic E-state index is 13.3. The molecule has 1 atom stereocenters. The molecule has 0 unspecified atom stereocenters. The molecule has 0 amide bonds. The molecule has 1 aliphatic heterocycles. The highest BCUT2D eigenvalue weighted by Gasteiger charge is 2.33. The summed E-state index contributed by atoms with van der Waals surface area (Å²) in [6.07, 6.45) is 2.48. The van der Waals surface area contributed by atoms with Crippen LogP contribution in [-0.2, 0) is 25.0 Å². The van der Waals surface area contributed by atoms with E-state index in [2.05, 4.69) is 30.6 Å². The van der Waals surface area contributed by atoms with Crippen molar-refractivity contribution in [3.8, 4) is 5.75 Å². The standard InChI is InChI=1S/C24H23ClF3N9O3/c1-36-10-12(24(26,27)28)7-14(22(36)38)34-23-35-21-19(37(23)2)17(25)16(9-32-21)40-15(8-29)18-20(31-5-4-30-18)33-13-3-6-39-11-13/h4-5,7-10,13H,3,6,11H2,1-2H3,(H4,29,30,31,32,33,34,35)/p+1/t13-/m0/s1. The number of hydrogen-bond donors (Lipinski definition) is 4. The molecule has 0 aliphatic carbocycles. The van der Waals surface area contributed by atoms with E-state index in [9.17, 15) is 18.0 Å². The van der Waals surface area contributed by atoms with Crippen molar-refractivity contribution in [1.29, 1.82) is 0 Å². The first-order chi connectivity index (χ1) is 19.1. The maximum absolute atomic E-state index is 13.3. The van der Waals surface area contributed by atoms with Gasteiger partial charge in [0.1, 0.15) is 10.7 Å². The van der Waals surface area contributed by atoms with Gasteiger partial charge >= 0.3 is 12.1 Å². The van der Waals surface area contributed by atoms with Crippen LogP contribution >= 0.6 is 11.6 Å². The van der Waals surface area contributed by atoms with Crippen molar-refractivity contribution in [2.24, 2.45) is 19.8 Å². The second-order valence-corrected chi connectivity index (χ2v) is 9.32. The Morgan fingerprint density at radius 1 is 1.35 bits per heavy atom. The number of hydrogen-bond acceptors (Lipinski definition) is 9. The number of nitrogens with one attached hydrogen (secondary N) is 3. The van der Waals surface area contributed by atoms with Gasteiger partial charge in [-0.05, 0) is 12.5 Å². The Morgan fingerprint density at radius 3 is 2.83 bits per heavy atom. The van der Waals surface area contributed by atoms with Crippen LogP contribution in [0.15, 0.2) is 41.8 Å². The number of aromatic nitrogens is 6. The van der Waals surface area contributed by atoms with Crippen molar-refractivity contribution in [2.45, 2.75) is 18.6 Å². The third kappa shape index (κ3) is 5.24. The van der Waals surface area contributed by atoms with Crippen LogP contribution in [0.25, 0.3) is 16.9 Å². The van der Waals surface area contributed by atoms with Gasteiger partial charge in [-0.1, -0.05) is 11.6 Å². The zero-order chi connectivity index (χ0) is 28.6. The van der Waals surface area contributed by atoms with Crippen molar-refractivity contribution in [3.63, 3.8) is 0 Å². The molecule has 0 radical (unpaired) electrons. The number of anilines is 3. The highest BCUT2D eigenvalue weighted by atomic mass is 35.5. The number of alkyl halides is 3. The number of fused-ring (bicyclic) bond motifs is 1. The van der Waals surface area contributed by atoms with E-state index < -0.39 is 17.3 Å². The number of pyridine rings is 2. The molecule has 4 aromatic rings. The Bertz CT molecular complexity index is 1660. The molecular formula is C24H24ClF3N9O3+. The lowest BCUT2D eigenvalue weighted by atomic mass is 10.2. The maximum Gasteiger partial charge on any atom is 0.417 e. The molecule has 4 aromatic heterocycles. The molecule has 5 rings (SSSR count). The van der Waals surface area contributed by atoms with Crippen LogP contribution in [-0.4, -0.2) is 43.8 Å². The molecule has 1 saturated heterocycles. The first-order valence-corrected chi connectivity index (χ1v) is 12.3. The highest BCUT2D eigenvalue weighted by Crippen LogP contribution is 2.34. The Kier molecular flexibility index (Phi) is 7.25. The van der Waals surface area contributed by atoms with E-state index in [0.29, 0.717) is 30.2 Å². The zero-order valence-corrected chi connectivity index (χ0v) is 22.0. The minimum atomic E-state index is -4.64. The Labute approximate surface area is 229 Å². The third-order valence-corrected chi connectivity index (χ3v) is 6.57. The fraction of sp³-hybridized carbons (Fsp3) is 0.292. The van der Waals surface area contributed by atoms with E-state index in [4.69, 9.17) is 26.8 Å². The molecule has 1 fully saturated rings. The molecular weight excluding hydrogens is 555 g/mol. The quantitative estimate of drug-likeness (QED) is 0.192. The van der Waals surface area contributed by atoms with Gasteiger partial charge < -0.3 is 25.1 Å². The van der Waals surface area contributed by atoms with E-state index in [1.54, 1.807) is 7.05 Å². The van der Waals surface area contributed by atoms with Gasteiger partial charge in [-0.25, -0.2) is 29.8 Å². The van der Waals surface area contributed by atoms with Crippen LogP contribution in [0, 0.1) is 0 Å². The van der Waals surface area contributed by atoms with Gasteiger partial charge in [-0.15, -0.1) is 0 Å². The normalized spacial score (nSPS) is 15.9. The summed E-state index contributed by atoms with van der Waals surface area (Å²) in [5, 5.41) is 6.11. The summed E-state index contributed by atoms with van der Waals surface area (Å²) >= 11 is 6.69. The van der Waals surface area contributed by atoms with Crippen LogP contribution in [0.4, 0.5) is 30.6 Å². The number of nitrogens with two attached hydrogens (primary N) is 1. The molecule has 40 heavy (non-hydrogen) atoms. The fourth-order valence-corrected chi connectivity index (χ4v) is 4.49. The Morgan fingerprint density at radius 2 is 2.12 bits per heavy atom. The first-order valence-electron chi connectivity index (χ1n) is 11.9. The van der Waals surface area contributed by atoms with Crippen LogP contribution < -0.4 is 31.2 Å². The average molecular weight is 579 g/mol. The molecule has 12 nitrogen and oxygen atoms in total. The van der Waals surface area contributed by atoms with Gasteiger partial charge in [-0.2, -0.15) is 13.2 Å². The zero-order valence-electron chi connectivity index (χ0n) is 21.2. The van der Waals surface area contributed by atoms with Gasteiger partial charge in [-0.3, -0.25) is 4.79 Å². The van der Waals surface area contributed by atoms with E-state index in [-0.39, 0.29) is 39.9 Å². The highest BCUT2D eigenvalue weighted by molar-refractivity contribution is 6.36. The fourth-order valence-electron chi connectivity index (χ4n) is 4.18. The predicted octanol–water partition coefficient (Wildman–Crippen LogP) is 2.83. The second-order valence-electron chi connectivity index (χ2n) is 8.94. The van der Waals surface area contributed by atoms with Crippen molar-refractivity contribution in [3.05, 3.63) is 63.7 Å². The molecule has 0 aromatic carbocycles. The summed E-state index contributed by atoms with van der Waals surface area (Å²) in [7, 11) is 2.82. The van der Waals surface area contributed by atoms with Crippen LogP contribution in [0.1, 0.15) is 17.7 Å². The molecule has 16 heteroatoms. The summed E-state index contributed by atoms with van der Waals surface area (Å²) in [5.74, 6) is 0.886. The predicted molar refractivity (Wildman–Crippen MR) is 140 cm³/mol. The van der Waals surface area contributed by atoms with Crippen LogP contribution in [0.5, 0.6) is 5.75 Å². The van der Waals surface area contributed by atoms with Gasteiger partial charge in [0.2, 0.25) is 5.65 Å². The summed E-state index contributed by atoms with van der Waals surface area (Å²) < 4.78 is 53.7. The Balaban J connectivity index is 1.47. The molecule has 1 aliphatic rings. The monoisotopic (exact) mass is 578 g/mol. The van der Waals surface area contributed by atoms with Crippen molar-refractivity contribution < 1.29 is 27.2 Å². The minimum Gasteiger partial charge on any atom is -0.450 e. The lowest BCUT2D eigenvalue weighted by Gasteiger charge is -2.16. The Hall–Kier alpha value is -4.37. The van der Waals surface area contributed by atoms with Crippen molar-refractivity contribution in [2.75, 3.05) is 23.8 Å². The van der Waals surface area contributed by atoms with Gasteiger partial charge in [0.05, 0.1) is 31.5 Å². The smallest absolute Gasteiger partial charge is 0.417 e. The number of imidazole rings is 1. The van der Waals surface area contributed by atoms with Gasteiger partial charge in [0.25, 0.3) is 5.56 Å². The van der Waals surface area contributed by atoms with E-state index in [0.717, 1.165) is 23.3 Å². The lowest BCUT2D eigenvalue weighted by Crippen LogP contribution is -2.32. The van der Waals surface area contributed by atoms with Crippen LogP contribution in [0.2, 0.25) is 5.02 Å². The summed E-state index contributed by atoms with van der Waals surface area (Å²) in [5.41, 5.74) is 4.91. The summed E-state index contributed by atoms with van der Waals surface area (Å²) in [6, 6.07) is 0.787. The largest absolute Gasteiger partial charge is 0.450 e. The number of aromatic amines is 1. The number of nitrogens with zero attached hydrogens (tertiary/aromatic N) is 5. The van der Waals surface area contributed by atoms with E-state index in [1.165, 1.54) is 36.4 Å². The summed E-state index contributed by atoms with van der Waals surface area (Å²) in [6.45, 7) is 1.16. The second kappa shape index (κ2) is 10.7. The molecule has 0 spiro atoms. The molecule has 5 heterocycles. The topological polar surface area (TPSA) is 149 Å². The van der Waals surface area contributed by atoms with Gasteiger partial charge in [0, 0.05) is 38.4 Å². The number of ether oxygens (including phenoxy) is 2. The minimum absolute atomic E-state index is 0.0505. The number of H-pyrrole nitrogens is 1. The molecule has 210 valence electrons. The molecule has 0 bridgehead atoms. The average Bonchev–Trinajstić information content (AvgIpc) is 3.54. The first kappa shape index (κ1) is 27.2. The number of aryl methyl sites for hydroxylation is 2. The number of rotatable bonds is 7. The molecule has 5 N–H and O–H groups in total. The van der Waals surface area contributed by atoms with Crippen molar-refractivity contribution in [1.82, 2.24) is 24.5 Å². The van der Waals surface area contributed by atoms with Gasteiger partial charge in [0.15, 0.2) is 28.5 Å². The lowest BCUT2D eigenvalue weighted by molar-refractivity contribution is -0.629. The SMILES string of the molecule is Cn1cc(C(F)(F)F)cc(Nc2[nH]c3ncc(O/C(=C/N)c4nccnc4N[C@H]4CCOC4)c(Cl)c3[n+]2C)c1=O. The molecule has 0 saturated carbocycles. The van der Waals surface area contributed by atoms with Crippen molar-refractivity contribution >= 4 is 46.0 Å². The summed E-state index contributed by atoms with van der Waals surface area (Å²) in [4.78, 5) is 28.5. The third-order valence-electron chi connectivity index (χ3n) is 6.20. The van der Waals surface area contributed by atoms with E-state index in [1.807, 2.05) is 0 Å². The number of halogens is 4.